The van der Waals surface area contributed by atoms with Crippen LogP contribution in [0.2, 0.25) is 0 Å². The maximum absolute atomic E-state index is 10.2. The van der Waals surface area contributed by atoms with Gasteiger partial charge in [-0.3, -0.25) is 0 Å². The maximum atomic E-state index is 10.2. The summed E-state index contributed by atoms with van der Waals surface area (Å²) in [6.45, 7) is 19.8. The summed E-state index contributed by atoms with van der Waals surface area (Å²) >= 11 is 0. The molecule has 0 saturated carbocycles. The Hall–Kier alpha value is -0.0800. The van der Waals surface area contributed by atoms with E-state index in [4.69, 9.17) is 0 Å². The van der Waals surface area contributed by atoms with E-state index in [1.807, 2.05) is 0 Å². The quantitative estimate of drug-likeness (QED) is 0.793. The van der Waals surface area contributed by atoms with E-state index >= 15 is 0 Å². The van der Waals surface area contributed by atoms with Crippen molar-refractivity contribution in [1.29, 1.82) is 0 Å². The van der Waals surface area contributed by atoms with Crippen molar-refractivity contribution in [3.63, 3.8) is 0 Å². The van der Waals surface area contributed by atoms with E-state index in [1.54, 1.807) is 0 Å². The van der Waals surface area contributed by atoms with Crippen molar-refractivity contribution < 1.29 is 5.11 Å². The maximum Gasteiger partial charge on any atom is 0.0592 e. The van der Waals surface area contributed by atoms with Gasteiger partial charge in [0.1, 0.15) is 0 Å². The molecular weight excluding hydrogens is 246 g/mol. The fourth-order valence-corrected chi connectivity index (χ4v) is 3.19. The number of rotatable bonds is 3. The summed E-state index contributed by atoms with van der Waals surface area (Å²) in [6.07, 6.45) is 3.27. The molecule has 20 heavy (non-hydrogen) atoms. The van der Waals surface area contributed by atoms with Crippen LogP contribution in [0.5, 0.6) is 0 Å². The van der Waals surface area contributed by atoms with E-state index in [-0.39, 0.29) is 17.2 Å². The highest BCUT2D eigenvalue weighted by atomic mass is 16.3. The van der Waals surface area contributed by atoms with Crippen LogP contribution < -0.4 is 5.32 Å². The smallest absolute Gasteiger partial charge is 0.0592 e. The van der Waals surface area contributed by atoms with E-state index in [2.05, 4.69) is 67.6 Å². The Morgan fingerprint density at radius 1 is 1.00 bits per heavy atom. The first-order chi connectivity index (χ1) is 8.90. The monoisotopic (exact) mass is 285 g/mol. The number of hydrogen-bond acceptors (Lipinski definition) is 2. The minimum absolute atomic E-state index is 0.141. The normalized spacial score (nSPS) is 23.4. The molecule has 0 spiro atoms. The van der Waals surface area contributed by atoms with Crippen LogP contribution >= 0.6 is 0 Å². The van der Waals surface area contributed by atoms with Crippen molar-refractivity contribution in [1.82, 2.24) is 5.32 Å². The second-order valence-corrected chi connectivity index (χ2v) is 8.60. The topological polar surface area (TPSA) is 32.3 Å². The lowest BCUT2D eigenvalue weighted by atomic mass is 9.72. The zero-order valence-electron chi connectivity index (χ0n) is 15.4. The fourth-order valence-electron chi connectivity index (χ4n) is 3.19. The molecule has 1 aliphatic rings. The van der Waals surface area contributed by atoms with Crippen LogP contribution in [0.1, 0.15) is 81.6 Å². The van der Waals surface area contributed by atoms with Crippen molar-refractivity contribution in [2.24, 2.45) is 17.8 Å². The molecule has 1 heterocycles. The molecule has 1 rings (SSSR count). The second kappa shape index (κ2) is 7.79. The fraction of sp³-hybridized carbons (Fsp3) is 1.00. The molecule has 0 radical (unpaired) electrons. The lowest BCUT2D eigenvalue weighted by Gasteiger charge is -2.48. The third-order valence-corrected chi connectivity index (χ3v) is 4.20. The van der Waals surface area contributed by atoms with Gasteiger partial charge in [-0.05, 0) is 58.3 Å². The predicted molar refractivity (Wildman–Crippen MR) is 90.0 cm³/mol. The first-order valence-electron chi connectivity index (χ1n) is 8.37. The lowest BCUT2D eigenvalue weighted by Crippen LogP contribution is -2.59. The van der Waals surface area contributed by atoms with Crippen molar-refractivity contribution in [3.8, 4) is 0 Å². The summed E-state index contributed by atoms with van der Waals surface area (Å²) in [7, 11) is 0. The average molecular weight is 286 g/mol. The number of aliphatic hydroxyl groups is 1. The predicted octanol–water partition coefficient (Wildman–Crippen LogP) is 4.61. The molecule has 0 amide bonds. The molecule has 1 fully saturated rings. The summed E-state index contributed by atoms with van der Waals surface area (Å²) in [5.41, 5.74) is 0.282. The number of aliphatic hydroxyl groups excluding tert-OH is 1. The van der Waals surface area contributed by atoms with E-state index in [1.165, 1.54) is 6.42 Å². The van der Waals surface area contributed by atoms with Crippen LogP contribution in [0.15, 0.2) is 0 Å². The third kappa shape index (κ3) is 7.64. The molecule has 0 aromatic rings. The van der Waals surface area contributed by atoms with Crippen molar-refractivity contribution >= 4 is 0 Å². The molecule has 2 N–H and O–H groups in total. The Morgan fingerprint density at radius 2 is 1.35 bits per heavy atom. The number of hydrogen-bond donors (Lipinski definition) is 2. The van der Waals surface area contributed by atoms with Gasteiger partial charge in [-0.2, -0.15) is 0 Å². The van der Waals surface area contributed by atoms with E-state index < -0.39 is 0 Å². The van der Waals surface area contributed by atoms with Crippen molar-refractivity contribution in [3.05, 3.63) is 0 Å². The Morgan fingerprint density at radius 3 is 1.60 bits per heavy atom. The van der Waals surface area contributed by atoms with Crippen LogP contribution in [0.3, 0.4) is 0 Å². The van der Waals surface area contributed by atoms with Gasteiger partial charge in [0.25, 0.3) is 0 Å². The average Bonchev–Trinajstić information content (AvgIpc) is 2.24. The summed E-state index contributed by atoms with van der Waals surface area (Å²) in [5.74, 6) is 1.67. The minimum atomic E-state index is -0.161. The molecule has 1 saturated heterocycles. The van der Waals surface area contributed by atoms with Gasteiger partial charge in [0, 0.05) is 11.1 Å². The van der Waals surface area contributed by atoms with Gasteiger partial charge < -0.3 is 10.4 Å². The molecular formula is C18H39NO. The Labute approximate surface area is 127 Å². The zero-order valence-corrected chi connectivity index (χ0v) is 15.4. The molecule has 1 atom stereocenters. The summed E-state index contributed by atoms with van der Waals surface area (Å²) in [4.78, 5) is 0. The molecule has 1 unspecified atom stereocenters. The standard InChI is InChI=1S/C13H27NO.C5H12/c1-9(2)11(15)10-7-12(3,4)14-13(5,6)8-10;1-4-5(2)3/h9-11,14-15H,7-8H2,1-6H3;5H,4H2,1-3H3. The molecule has 0 bridgehead atoms. The van der Waals surface area contributed by atoms with E-state index in [0.29, 0.717) is 11.8 Å². The lowest BCUT2D eigenvalue weighted by molar-refractivity contribution is 0.00219. The molecule has 1 aliphatic heterocycles. The minimum Gasteiger partial charge on any atom is -0.393 e. The molecule has 2 heteroatoms. The number of nitrogens with one attached hydrogen (secondary N) is 1. The molecule has 122 valence electrons. The van der Waals surface area contributed by atoms with Crippen LogP contribution in [0, 0.1) is 17.8 Å². The highest BCUT2D eigenvalue weighted by Gasteiger charge is 2.40. The Bertz CT molecular complexity index is 253. The van der Waals surface area contributed by atoms with E-state index in [0.717, 1.165) is 18.8 Å². The van der Waals surface area contributed by atoms with Gasteiger partial charge in [-0.25, -0.2) is 0 Å². The Kier molecular flexibility index (Phi) is 7.76. The van der Waals surface area contributed by atoms with Crippen LogP contribution in [-0.4, -0.2) is 22.3 Å². The van der Waals surface area contributed by atoms with Gasteiger partial charge in [-0.15, -0.1) is 0 Å². The van der Waals surface area contributed by atoms with Crippen LogP contribution in [-0.2, 0) is 0 Å². The number of piperidine rings is 1. The van der Waals surface area contributed by atoms with Crippen molar-refractivity contribution in [2.75, 3.05) is 0 Å². The summed E-state index contributed by atoms with van der Waals surface area (Å²) < 4.78 is 0. The Balaban J connectivity index is 0.000000621. The third-order valence-electron chi connectivity index (χ3n) is 4.20. The van der Waals surface area contributed by atoms with Crippen LogP contribution in [0.25, 0.3) is 0 Å². The summed E-state index contributed by atoms with van der Waals surface area (Å²) in [5, 5.41) is 13.8. The zero-order chi connectivity index (χ0) is 16.1. The van der Waals surface area contributed by atoms with Crippen molar-refractivity contribution in [2.45, 2.75) is 98.8 Å². The molecule has 0 aromatic carbocycles. The first-order valence-corrected chi connectivity index (χ1v) is 8.37. The SMILES string of the molecule is CC(C)C(O)C1CC(C)(C)NC(C)(C)C1.CCC(C)C. The largest absolute Gasteiger partial charge is 0.393 e. The summed E-state index contributed by atoms with van der Waals surface area (Å²) in [6, 6.07) is 0. The van der Waals surface area contributed by atoms with Gasteiger partial charge in [-0.1, -0.05) is 41.0 Å². The molecule has 2 nitrogen and oxygen atoms in total. The van der Waals surface area contributed by atoms with Gasteiger partial charge in [0.2, 0.25) is 0 Å². The first kappa shape index (κ1) is 19.9. The second-order valence-electron chi connectivity index (χ2n) is 8.60. The van der Waals surface area contributed by atoms with Gasteiger partial charge in [0.15, 0.2) is 0 Å². The van der Waals surface area contributed by atoms with Gasteiger partial charge >= 0.3 is 0 Å². The highest BCUT2D eigenvalue weighted by Crippen LogP contribution is 2.36. The highest BCUT2D eigenvalue weighted by molar-refractivity contribution is 4.98. The van der Waals surface area contributed by atoms with Gasteiger partial charge in [0.05, 0.1) is 6.10 Å². The van der Waals surface area contributed by atoms with E-state index in [9.17, 15) is 5.11 Å². The van der Waals surface area contributed by atoms with Crippen LogP contribution in [0.4, 0.5) is 0 Å². The molecule has 0 aromatic heterocycles. The molecule has 0 aliphatic carbocycles.